The lowest BCUT2D eigenvalue weighted by atomic mass is 10.1. The summed E-state index contributed by atoms with van der Waals surface area (Å²) >= 11 is 0. The van der Waals surface area contributed by atoms with Crippen molar-refractivity contribution in [2.45, 2.75) is 19.4 Å². The van der Waals surface area contributed by atoms with Crippen LogP contribution in [-0.4, -0.2) is 81.8 Å². The number of ketones is 2. The van der Waals surface area contributed by atoms with Crippen molar-refractivity contribution in [1.29, 1.82) is 0 Å². The fourth-order valence-electron chi connectivity index (χ4n) is 5.61. The molecule has 0 bridgehead atoms. The number of piperazine rings is 1. The van der Waals surface area contributed by atoms with Gasteiger partial charge in [0.15, 0.2) is 23.1 Å². The molecule has 0 saturated carbocycles. The van der Waals surface area contributed by atoms with Crippen molar-refractivity contribution in [3.63, 3.8) is 0 Å². The van der Waals surface area contributed by atoms with Crippen LogP contribution in [-0.2, 0) is 9.59 Å². The Morgan fingerprint density at radius 1 is 0.773 bits per heavy atom. The van der Waals surface area contributed by atoms with Crippen molar-refractivity contribution in [2.75, 3.05) is 57.3 Å². The normalized spacial score (nSPS) is 17.3. The Bertz CT molecular complexity index is 1570. The number of anilines is 2. The second-order valence-electron chi connectivity index (χ2n) is 10.6. The smallest absolute Gasteiger partial charge is 0.251 e. The highest BCUT2D eigenvalue weighted by Crippen LogP contribution is 2.38. The van der Waals surface area contributed by atoms with Gasteiger partial charge in [0, 0.05) is 43.0 Å². The summed E-state index contributed by atoms with van der Waals surface area (Å²) in [5.41, 5.74) is 3.25. The molecule has 10 heteroatoms. The van der Waals surface area contributed by atoms with Gasteiger partial charge in [-0.05, 0) is 79.2 Å². The first-order valence-electron chi connectivity index (χ1n) is 14.3. The van der Waals surface area contributed by atoms with Crippen molar-refractivity contribution in [3.05, 3.63) is 83.4 Å². The van der Waals surface area contributed by atoms with Crippen LogP contribution in [0.15, 0.2) is 66.7 Å². The third-order valence-corrected chi connectivity index (χ3v) is 8.04. The Morgan fingerprint density at radius 2 is 1.34 bits per heavy atom. The maximum atomic E-state index is 13.4. The Hall–Kier alpha value is -4.96. The second-order valence-corrected chi connectivity index (χ2v) is 10.6. The summed E-state index contributed by atoms with van der Waals surface area (Å²) < 4.78 is 16.1. The molecule has 0 aliphatic carbocycles. The number of methoxy groups -OCH3 is 3. The zero-order valence-electron chi connectivity index (χ0n) is 25.2. The van der Waals surface area contributed by atoms with Gasteiger partial charge in [0.1, 0.15) is 0 Å². The van der Waals surface area contributed by atoms with E-state index in [0.29, 0.717) is 65.8 Å². The minimum absolute atomic E-state index is 0.0286. The van der Waals surface area contributed by atoms with E-state index in [2.05, 4.69) is 9.80 Å². The van der Waals surface area contributed by atoms with Crippen molar-refractivity contribution < 1.29 is 33.4 Å². The number of ether oxygens (including phenoxy) is 3. The first-order valence-corrected chi connectivity index (χ1v) is 14.3. The lowest BCUT2D eigenvalue weighted by Gasteiger charge is -2.38. The second kappa shape index (κ2) is 13.1. The number of nitrogens with zero attached hydrogens (tertiary/aromatic N) is 3. The highest BCUT2D eigenvalue weighted by atomic mass is 16.5. The van der Waals surface area contributed by atoms with E-state index in [1.807, 2.05) is 24.3 Å². The zero-order chi connectivity index (χ0) is 31.4. The molecule has 0 N–H and O–H groups in total. The van der Waals surface area contributed by atoms with Crippen LogP contribution in [0.3, 0.4) is 0 Å². The van der Waals surface area contributed by atoms with Gasteiger partial charge in [-0.1, -0.05) is 6.08 Å². The summed E-state index contributed by atoms with van der Waals surface area (Å²) in [4.78, 5) is 56.3. The quantitative estimate of drug-likeness (QED) is 0.193. The van der Waals surface area contributed by atoms with Gasteiger partial charge in [0.2, 0.25) is 11.7 Å². The summed E-state index contributed by atoms with van der Waals surface area (Å²) in [6.45, 7) is 4.23. The minimum Gasteiger partial charge on any atom is -0.493 e. The van der Waals surface area contributed by atoms with Crippen LogP contribution in [0.2, 0.25) is 0 Å². The third kappa shape index (κ3) is 6.21. The van der Waals surface area contributed by atoms with Gasteiger partial charge in [0.25, 0.3) is 5.91 Å². The fraction of sp³-hybridized carbons (Fsp3) is 0.294. The number of carbonyl (C=O) groups excluding carboxylic acids is 4. The lowest BCUT2D eigenvalue weighted by molar-refractivity contribution is -0.123. The van der Waals surface area contributed by atoms with Crippen LogP contribution in [0.25, 0.3) is 6.08 Å². The van der Waals surface area contributed by atoms with Crippen LogP contribution in [0.4, 0.5) is 11.4 Å². The predicted molar refractivity (Wildman–Crippen MR) is 167 cm³/mol. The van der Waals surface area contributed by atoms with Crippen molar-refractivity contribution in [3.8, 4) is 17.2 Å². The van der Waals surface area contributed by atoms with E-state index < -0.39 is 6.04 Å². The van der Waals surface area contributed by atoms with Crippen LogP contribution in [0.5, 0.6) is 17.2 Å². The molecule has 44 heavy (non-hydrogen) atoms. The molecule has 2 saturated heterocycles. The first kappa shape index (κ1) is 30.5. The molecule has 2 aliphatic heterocycles. The monoisotopic (exact) mass is 597 g/mol. The van der Waals surface area contributed by atoms with E-state index in [9.17, 15) is 19.2 Å². The SMILES string of the molecule is COc1cc(C=CC(=O)c2ccc(N3C(=O)CC(N4CCN(c5ccc(C(C)=O)cc5)CC4)C3=O)cc2)cc(OC)c1OC. The molecule has 5 rings (SSSR count). The molecule has 0 spiro atoms. The number of amides is 2. The first-order chi connectivity index (χ1) is 21.2. The summed E-state index contributed by atoms with van der Waals surface area (Å²) in [6.07, 6.45) is 3.21. The van der Waals surface area contributed by atoms with Crippen molar-refractivity contribution >= 4 is 40.8 Å². The van der Waals surface area contributed by atoms with Crippen LogP contribution >= 0.6 is 0 Å². The van der Waals surface area contributed by atoms with Gasteiger partial charge in [0.05, 0.1) is 39.5 Å². The number of hydrogen-bond donors (Lipinski definition) is 0. The van der Waals surface area contributed by atoms with Gasteiger partial charge >= 0.3 is 0 Å². The number of carbonyl (C=O) groups is 4. The number of rotatable bonds is 10. The molecular formula is C34H35N3O7. The number of Topliss-reactive ketones (excluding diaryl/α,β-unsaturated/α-hetero) is 1. The molecule has 0 aromatic heterocycles. The molecular weight excluding hydrogens is 562 g/mol. The van der Waals surface area contributed by atoms with Gasteiger partial charge in [-0.2, -0.15) is 0 Å². The van der Waals surface area contributed by atoms with Crippen molar-refractivity contribution in [1.82, 2.24) is 4.90 Å². The molecule has 3 aromatic carbocycles. The Labute approximate surface area is 256 Å². The minimum atomic E-state index is -0.521. The standard InChI is InChI=1S/C34H35N3O7/c1-22(38)24-6-10-26(11-7-24)35-15-17-36(18-16-35)28-21-32(40)37(34(28)41)27-12-8-25(9-13-27)29(39)14-5-23-19-30(42-2)33(44-4)31(20-23)43-3/h5-14,19-20,28H,15-18,21H2,1-4H3. The van der Waals surface area contributed by atoms with E-state index in [1.54, 1.807) is 49.4 Å². The average molecular weight is 598 g/mol. The summed E-state index contributed by atoms with van der Waals surface area (Å²) in [6, 6.07) is 17.0. The van der Waals surface area contributed by atoms with Gasteiger partial charge in [-0.15, -0.1) is 0 Å². The highest BCUT2D eigenvalue weighted by molar-refractivity contribution is 6.22. The maximum absolute atomic E-state index is 13.4. The predicted octanol–water partition coefficient (Wildman–Crippen LogP) is 4.27. The average Bonchev–Trinajstić information content (AvgIpc) is 3.36. The molecule has 3 aromatic rings. The lowest BCUT2D eigenvalue weighted by Crippen LogP contribution is -2.52. The molecule has 2 aliphatic rings. The zero-order valence-corrected chi connectivity index (χ0v) is 25.2. The summed E-state index contributed by atoms with van der Waals surface area (Å²) in [7, 11) is 4.57. The third-order valence-electron chi connectivity index (χ3n) is 8.04. The van der Waals surface area contributed by atoms with Crippen LogP contribution in [0.1, 0.15) is 39.6 Å². The van der Waals surface area contributed by atoms with Crippen molar-refractivity contribution in [2.24, 2.45) is 0 Å². The Kier molecular flexibility index (Phi) is 9.10. The van der Waals surface area contributed by atoms with E-state index in [4.69, 9.17) is 14.2 Å². The number of allylic oxidation sites excluding steroid dienone is 1. The Balaban J connectivity index is 1.21. The maximum Gasteiger partial charge on any atom is 0.251 e. The molecule has 2 heterocycles. The summed E-state index contributed by atoms with van der Waals surface area (Å²) in [5, 5.41) is 0. The van der Waals surface area contributed by atoms with Crippen LogP contribution in [0, 0.1) is 0 Å². The molecule has 228 valence electrons. The number of hydrogen-bond acceptors (Lipinski definition) is 9. The molecule has 10 nitrogen and oxygen atoms in total. The van der Waals surface area contributed by atoms with E-state index in [0.717, 1.165) is 5.69 Å². The fourth-order valence-corrected chi connectivity index (χ4v) is 5.61. The van der Waals surface area contributed by atoms with E-state index in [1.165, 1.54) is 32.3 Å². The van der Waals surface area contributed by atoms with E-state index >= 15 is 0 Å². The topological polar surface area (TPSA) is 106 Å². The molecule has 2 fully saturated rings. The number of benzene rings is 3. The van der Waals surface area contributed by atoms with E-state index in [-0.39, 0.29) is 29.8 Å². The Morgan fingerprint density at radius 3 is 1.89 bits per heavy atom. The highest BCUT2D eigenvalue weighted by Gasteiger charge is 2.43. The van der Waals surface area contributed by atoms with Gasteiger partial charge < -0.3 is 19.1 Å². The van der Waals surface area contributed by atoms with Gasteiger partial charge in [-0.3, -0.25) is 24.1 Å². The molecule has 0 radical (unpaired) electrons. The molecule has 1 atom stereocenters. The summed E-state index contributed by atoms with van der Waals surface area (Å²) in [5.74, 6) is 0.686. The largest absolute Gasteiger partial charge is 0.493 e. The molecule has 2 amide bonds. The number of imide groups is 1. The van der Waals surface area contributed by atoms with Gasteiger partial charge in [-0.25, -0.2) is 4.90 Å². The molecule has 1 unspecified atom stereocenters. The van der Waals surface area contributed by atoms with Crippen LogP contribution < -0.4 is 24.0 Å².